The maximum atomic E-state index is 12.5. The lowest BCUT2D eigenvalue weighted by Crippen LogP contribution is -2.39. The number of benzene rings is 1. The Bertz CT molecular complexity index is 1000. The van der Waals surface area contributed by atoms with Gasteiger partial charge < -0.3 is 10.2 Å². The van der Waals surface area contributed by atoms with Crippen molar-refractivity contribution in [3.63, 3.8) is 0 Å². The first-order valence-electron chi connectivity index (χ1n) is 8.10. The van der Waals surface area contributed by atoms with Gasteiger partial charge >= 0.3 is 11.5 Å². The molecule has 0 radical (unpaired) electrons. The predicted molar refractivity (Wildman–Crippen MR) is 95.4 cm³/mol. The first kappa shape index (κ1) is 17.7. The Morgan fingerprint density at radius 2 is 2.15 bits per heavy atom. The molecule has 4 rings (SSSR count). The molecule has 140 valence electrons. The summed E-state index contributed by atoms with van der Waals surface area (Å²) in [7, 11) is 0. The van der Waals surface area contributed by atoms with Gasteiger partial charge in [0.15, 0.2) is 5.65 Å². The highest BCUT2D eigenvalue weighted by Crippen LogP contribution is 2.37. The molecule has 3 heterocycles. The minimum Gasteiger partial charge on any atom is -0.320 e. The highest BCUT2D eigenvalue weighted by molar-refractivity contribution is 8.00. The minimum absolute atomic E-state index is 0.0239. The summed E-state index contributed by atoms with van der Waals surface area (Å²) in [6.07, 6.45) is 4.10. The van der Waals surface area contributed by atoms with Crippen molar-refractivity contribution in [1.29, 1.82) is 0 Å². The number of hydrogen-bond donors (Lipinski definition) is 2. The van der Waals surface area contributed by atoms with Crippen molar-refractivity contribution in [2.75, 3.05) is 11.9 Å². The van der Waals surface area contributed by atoms with Crippen LogP contribution >= 0.6 is 11.8 Å². The molecule has 0 saturated carbocycles. The van der Waals surface area contributed by atoms with Gasteiger partial charge in [0.2, 0.25) is 0 Å². The number of pyridine rings is 1. The normalized spacial score (nSPS) is 14.3. The van der Waals surface area contributed by atoms with Crippen molar-refractivity contribution in [2.24, 2.45) is 0 Å². The van der Waals surface area contributed by atoms with E-state index in [1.807, 2.05) is 0 Å². The fourth-order valence-electron chi connectivity index (χ4n) is 3.10. The minimum atomic E-state index is -4.37. The van der Waals surface area contributed by atoms with E-state index in [-0.39, 0.29) is 22.7 Å². The van der Waals surface area contributed by atoms with Gasteiger partial charge in [0, 0.05) is 35.3 Å². The Labute approximate surface area is 156 Å². The molecule has 10 heteroatoms. The smallest absolute Gasteiger partial charge is 0.320 e. The molecule has 3 aromatic rings. The zero-order chi connectivity index (χ0) is 19.0. The van der Waals surface area contributed by atoms with Crippen LogP contribution in [0.1, 0.15) is 11.1 Å². The number of carbonyl (C=O) groups excluding carboxylic acids is 1. The maximum Gasteiger partial charge on any atom is 0.446 e. The zero-order valence-electron chi connectivity index (χ0n) is 13.9. The van der Waals surface area contributed by atoms with E-state index < -0.39 is 5.51 Å². The summed E-state index contributed by atoms with van der Waals surface area (Å²) in [5.74, 6) is 0. The summed E-state index contributed by atoms with van der Waals surface area (Å²) in [5.41, 5.74) is -1.29. The van der Waals surface area contributed by atoms with E-state index in [1.165, 1.54) is 18.2 Å². The van der Waals surface area contributed by atoms with Crippen LogP contribution in [0.3, 0.4) is 0 Å². The lowest BCUT2D eigenvalue weighted by Gasteiger charge is -2.29. The number of fused-ring (bicyclic) bond motifs is 3. The summed E-state index contributed by atoms with van der Waals surface area (Å²) in [4.78, 5) is 18.5. The number of hydrogen-bond acceptors (Lipinski definition) is 4. The number of amides is 2. The summed E-state index contributed by atoms with van der Waals surface area (Å²) < 4.78 is 37.5. The zero-order valence-corrected chi connectivity index (χ0v) is 14.7. The van der Waals surface area contributed by atoms with Gasteiger partial charge in [0.25, 0.3) is 0 Å². The molecule has 1 aromatic carbocycles. The van der Waals surface area contributed by atoms with E-state index in [9.17, 15) is 18.0 Å². The van der Waals surface area contributed by atoms with Crippen molar-refractivity contribution in [3.8, 4) is 0 Å². The fraction of sp³-hybridized carbons (Fsp3) is 0.235. The third-order valence-corrected chi connectivity index (χ3v) is 5.00. The van der Waals surface area contributed by atoms with Gasteiger partial charge in [-0.3, -0.25) is 5.10 Å². The molecule has 0 spiro atoms. The van der Waals surface area contributed by atoms with Gasteiger partial charge in [-0.1, -0.05) is 6.07 Å². The first-order valence-corrected chi connectivity index (χ1v) is 8.92. The number of urea groups is 1. The fourth-order valence-corrected chi connectivity index (χ4v) is 3.70. The van der Waals surface area contributed by atoms with E-state index in [1.54, 1.807) is 23.4 Å². The van der Waals surface area contributed by atoms with Crippen LogP contribution in [0.4, 0.5) is 23.7 Å². The molecule has 6 nitrogen and oxygen atoms in total. The highest BCUT2D eigenvalue weighted by atomic mass is 32.2. The molecule has 2 N–H and O–H groups in total. The average Bonchev–Trinajstić information content (AvgIpc) is 3.09. The van der Waals surface area contributed by atoms with E-state index in [0.29, 0.717) is 30.8 Å². The number of carbonyl (C=O) groups is 1. The number of nitrogens with one attached hydrogen (secondary N) is 2. The number of nitrogens with zero attached hydrogens (tertiary/aromatic N) is 3. The number of alkyl halides is 3. The summed E-state index contributed by atoms with van der Waals surface area (Å²) in [5, 5.41) is 10.4. The second-order valence-corrected chi connectivity index (χ2v) is 7.21. The van der Waals surface area contributed by atoms with Crippen LogP contribution in [0.15, 0.2) is 41.6 Å². The van der Waals surface area contributed by atoms with Crippen LogP contribution in [-0.4, -0.2) is 38.2 Å². The number of rotatable bonds is 2. The molecule has 1 aliphatic heterocycles. The number of thioether (sulfide) groups is 1. The lowest BCUT2D eigenvalue weighted by atomic mass is 9.99. The Morgan fingerprint density at radius 1 is 1.30 bits per heavy atom. The van der Waals surface area contributed by atoms with Gasteiger partial charge in [-0.25, -0.2) is 9.78 Å². The second kappa shape index (κ2) is 6.76. The number of aromatic nitrogens is 3. The molecule has 0 aliphatic carbocycles. The van der Waals surface area contributed by atoms with E-state index in [0.717, 1.165) is 16.5 Å². The summed E-state index contributed by atoms with van der Waals surface area (Å²) in [6, 6.07) is 5.35. The molecule has 0 fully saturated rings. The lowest BCUT2D eigenvalue weighted by molar-refractivity contribution is -0.0328. The van der Waals surface area contributed by atoms with E-state index in [2.05, 4.69) is 20.5 Å². The second-order valence-electron chi connectivity index (χ2n) is 6.07. The van der Waals surface area contributed by atoms with Crippen LogP contribution in [0.5, 0.6) is 0 Å². The SMILES string of the molecule is O=C(Nc1cccc(SC(F)(F)F)c1)N1CCc2c(cnc3[nH]ncc23)C1. The van der Waals surface area contributed by atoms with Gasteiger partial charge in [-0.2, -0.15) is 18.3 Å². The van der Waals surface area contributed by atoms with Gasteiger partial charge in [0.05, 0.1) is 6.20 Å². The number of H-pyrrole nitrogens is 1. The Balaban J connectivity index is 1.47. The van der Waals surface area contributed by atoms with Gasteiger partial charge in [0.1, 0.15) is 0 Å². The molecule has 2 amide bonds. The van der Waals surface area contributed by atoms with E-state index >= 15 is 0 Å². The molecule has 0 atom stereocenters. The number of halogens is 3. The molecular weight excluding hydrogens is 379 g/mol. The third kappa shape index (κ3) is 3.85. The molecular formula is C17H14F3N5OS. The molecule has 2 aromatic heterocycles. The molecule has 0 unspecified atom stereocenters. The van der Waals surface area contributed by atoms with Crippen LogP contribution in [0.2, 0.25) is 0 Å². The quantitative estimate of drug-likeness (QED) is 0.641. The topological polar surface area (TPSA) is 73.9 Å². The first-order chi connectivity index (χ1) is 12.9. The standard InChI is InChI=1S/C17H14F3N5OS/c18-17(19,20)27-12-3-1-2-11(6-12)23-16(26)25-5-4-13-10(9-25)7-21-15-14(13)8-22-24-15/h1-3,6-8H,4-5,9H2,(H,23,26)(H,21,22,24). The highest BCUT2D eigenvalue weighted by Gasteiger charge is 2.29. The molecule has 0 saturated heterocycles. The monoisotopic (exact) mass is 393 g/mol. The Kier molecular flexibility index (Phi) is 4.42. The third-order valence-electron chi connectivity index (χ3n) is 4.28. The predicted octanol–water partition coefficient (Wildman–Crippen LogP) is 4.16. The Hall–Kier alpha value is -2.75. The molecule has 0 bridgehead atoms. The van der Waals surface area contributed by atoms with Crippen molar-refractivity contribution in [3.05, 3.63) is 47.8 Å². The average molecular weight is 393 g/mol. The van der Waals surface area contributed by atoms with E-state index in [4.69, 9.17) is 0 Å². The van der Waals surface area contributed by atoms with Crippen LogP contribution in [0.25, 0.3) is 11.0 Å². The van der Waals surface area contributed by atoms with Gasteiger partial charge in [-0.15, -0.1) is 0 Å². The maximum absolute atomic E-state index is 12.5. The van der Waals surface area contributed by atoms with Crippen LogP contribution in [-0.2, 0) is 13.0 Å². The van der Waals surface area contributed by atoms with Crippen LogP contribution < -0.4 is 5.32 Å². The Morgan fingerprint density at radius 3 is 2.96 bits per heavy atom. The number of aromatic amines is 1. The van der Waals surface area contributed by atoms with Crippen molar-refractivity contribution in [2.45, 2.75) is 23.4 Å². The molecule has 27 heavy (non-hydrogen) atoms. The van der Waals surface area contributed by atoms with Crippen LogP contribution in [0, 0.1) is 0 Å². The van der Waals surface area contributed by atoms with Crippen molar-refractivity contribution in [1.82, 2.24) is 20.1 Å². The van der Waals surface area contributed by atoms with Crippen molar-refractivity contribution >= 4 is 34.5 Å². The largest absolute Gasteiger partial charge is 0.446 e. The summed E-state index contributed by atoms with van der Waals surface area (Å²) in [6.45, 7) is 0.881. The van der Waals surface area contributed by atoms with Gasteiger partial charge in [-0.05, 0) is 47.5 Å². The molecule has 1 aliphatic rings. The van der Waals surface area contributed by atoms with Crippen molar-refractivity contribution < 1.29 is 18.0 Å². The summed E-state index contributed by atoms with van der Waals surface area (Å²) >= 11 is -0.212. The number of anilines is 1.